The molecule has 1 aliphatic heterocycles. The van der Waals surface area contributed by atoms with E-state index in [0.717, 1.165) is 18.8 Å². The van der Waals surface area contributed by atoms with Gasteiger partial charge in [-0.05, 0) is 30.9 Å². The molecule has 1 aliphatic carbocycles. The Morgan fingerprint density at radius 3 is 2.74 bits per heavy atom. The average Bonchev–Trinajstić information content (AvgIpc) is 3.17. The molecule has 1 saturated heterocycles. The van der Waals surface area contributed by atoms with Crippen LogP contribution in [0.2, 0.25) is 0 Å². The number of hydrogen-bond acceptors (Lipinski definition) is 5. The van der Waals surface area contributed by atoms with Crippen LogP contribution in [0.15, 0.2) is 0 Å². The van der Waals surface area contributed by atoms with Crippen LogP contribution in [-0.4, -0.2) is 30.5 Å². The average molecular weight is 297 g/mol. The van der Waals surface area contributed by atoms with E-state index in [1.807, 2.05) is 11.8 Å². The first-order valence-corrected chi connectivity index (χ1v) is 8.70. The van der Waals surface area contributed by atoms with Crippen LogP contribution in [0.4, 0.5) is 10.7 Å². The van der Waals surface area contributed by atoms with Gasteiger partial charge in [0.1, 0.15) is 4.88 Å². The van der Waals surface area contributed by atoms with E-state index in [0.29, 0.717) is 16.5 Å². The minimum Gasteiger partial charge on any atom is -0.397 e. The van der Waals surface area contributed by atoms with Crippen LogP contribution in [0.1, 0.15) is 40.4 Å². The molecule has 3 rings (SSSR count). The lowest BCUT2D eigenvalue weighted by Crippen LogP contribution is -2.25. The van der Waals surface area contributed by atoms with Crippen molar-refractivity contribution in [1.29, 1.82) is 0 Å². The molecular formula is C13H19N3OS2. The zero-order valence-electron chi connectivity index (χ0n) is 10.9. The smallest absolute Gasteiger partial charge is 0.260 e. The molecule has 0 bridgehead atoms. The van der Waals surface area contributed by atoms with Crippen molar-refractivity contribution in [2.45, 2.75) is 25.2 Å². The van der Waals surface area contributed by atoms with Crippen molar-refractivity contribution in [3.63, 3.8) is 0 Å². The minimum atomic E-state index is -0.389. The van der Waals surface area contributed by atoms with Crippen molar-refractivity contribution in [1.82, 2.24) is 0 Å². The van der Waals surface area contributed by atoms with Gasteiger partial charge in [0, 0.05) is 24.4 Å². The number of carbonyl (C=O) groups is 1. The van der Waals surface area contributed by atoms with Crippen molar-refractivity contribution >= 4 is 39.7 Å². The Balaban J connectivity index is 1.98. The normalized spacial score (nSPS) is 20.3. The van der Waals surface area contributed by atoms with E-state index in [1.54, 1.807) is 0 Å². The zero-order valence-corrected chi connectivity index (χ0v) is 12.5. The Kier molecular flexibility index (Phi) is 3.62. The van der Waals surface area contributed by atoms with Crippen LogP contribution in [-0.2, 0) is 0 Å². The number of nitrogens with two attached hydrogens (primary N) is 2. The Hall–Kier alpha value is -0.880. The van der Waals surface area contributed by atoms with E-state index in [1.165, 1.54) is 46.9 Å². The minimum absolute atomic E-state index is 0.389. The number of primary amides is 1. The Labute approximate surface area is 121 Å². The van der Waals surface area contributed by atoms with Gasteiger partial charge in [-0.25, -0.2) is 0 Å². The number of nitrogen functional groups attached to an aromatic ring is 1. The van der Waals surface area contributed by atoms with Crippen LogP contribution in [0.25, 0.3) is 0 Å². The van der Waals surface area contributed by atoms with E-state index in [9.17, 15) is 4.79 Å². The molecule has 4 nitrogen and oxygen atoms in total. The molecule has 1 saturated carbocycles. The molecule has 0 aromatic carbocycles. The first-order chi connectivity index (χ1) is 9.18. The number of amides is 1. The summed E-state index contributed by atoms with van der Waals surface area (Å²) in [6.07, 6.45) is 3.57. The van der Waals surface area contributed by atoms with Crippen LogP contribution >= 0.6 is 23.1 Å². The van der Waals surface area contributed by atoms with Gasteiger partial charge in [-0.3, -0.25) is 4.79 Å². The first kappa shape index (κ1) is 13.1. The van der Waals surface area contributed by atoms with E-state index < -0.39 is 0 Å². The van der Waals surface area contributed by atoms with Crippen LogP contribution in [0.5, 0.6) is 0 Å². The second kappa shape index (κ2) is 5.25. The van der Waals surface area contributed by atoms with Gasteiger partial charge in [-0.15, -0.1) is 11.3 Å². The molecule has 1 amide bonds. The topological polar surface area (TPSA) is 72.4 Å². The van der Waals surface area contributed by atoms with Crippen LogP contribution < -0.4 is 16.4 Å². The second-order valence-corrected chi connectivity index (χ2v) is 7.38. The number of hydrogen-bond donors (Lipinski definition) is 2. The maximum Gasteiger partial charge on any atom is 0.260 e. The quantitative estimate of drug-likeness (QED) is 0.897. The Morgan fingerprint density at radius 1 is 1.26 bits per heavy atom. The van der Waals surface area contributed by atoms with Crippen molar-refractivity contribution in [2.24, 2.45) is 5.73 Å². The summed E-state index contributed by atoms with van der Waals surface area (Å²) in [6, 6.07) is 0. The standard InChI is InChI=1S/C13H19N3OS2/c14-10-9(8-2-3-8)13(19-11(10)12(15)17)16-4-1-6-18-7-5-16/h8H,1-7,14H2,(H2,15,17). The number of thiophene rings is 1. The van der Waals surface area contributed by atoms with Gasteiger partial charge >= 0.3 is 0 Å². The van der Waals surface area contributed by atoms with Gasteiger partial charge in [-0.2, -0.15) is 11.8 Å². The lowest BCUT2D eigenvalue weighted by Gasteiger charge is -2.22. The highest BCUT2D eigenvalue weighted by Crippen LogP contribution is 2.52. The SMILES string of the molecule is NC(=O)c1sc(N2CCCSCC2)c(C2CC2)c1N. The molecule has 0 atom stereocenters. The largest absolute Gasteiger partial charge is 0.397 e. The molecule has 6 heteroatoms. The Bertz CT molecular complexity index is 488. The van der Waals surface area contributed by atoms with Crippen LogP contribution in [0.3, 0.4) is 0 Å². The van der Waals surface area contributed by atoms with Crippen LogP contribution in [0, 0.1) is 0 Å². The molecule has 2 aliphatic rings. The summed E-state index contributed by atoms with van der Waals surface area (Å²) in [6.45, 7) is 2.10. The van der Waals surface area contributed by atoms with Crippen molar-refractivity contribution < 1.29 is 4.79 Å². The van der Waals surface area contributed by atoms with Crippen molar-refractivity contribution in [3.05, 3.63) is 10.4 Å². The molecule has 104 valence electrons. The third kappa shape index (κ3) is 2.56. The highest BCUT2D eigenvalue weighted by atomic mass is 32.2. The predicted molar refractivity (Wildman–Crippen MR) is 83.4 cm³/mol. The summed E-state index contributed by atoms with van der Waals surface area (Å²) < 4.78 is 0. The fourth-order valence-corrected chi connectivity index (χ4v) is 4.68. The lowest BCUT2D eigenvalue weighted by molar-refractivity contribution is 0.100. The third-order valence-electron chi connectivity index (χ3n) is 3.68. The Morgan fingerprint density at radius 2 is 2.05 bits per heavy atom. The summed E-state index contributed by atoms with van der Waals surface area (Å²) in [5.74, 6) is 2.53. The summed E-state index contributed by atoms with van der Waals surface area (Å²) in [5.41, 5.74) is 13.5. The second-order valence-electron chi connectivity index (χ2n) is 5.16. The van der Waals surface area contributed by atoms with Gasteiger partial charge < -0.3 is 16.4 Å². The molecule has 1 aromatic heterocycles. The van der Waals surface area contributed by atoms with Gasteiger partial charge in [0.2, 0.25) is 0 Å². The number of carbonyl (C=O) groups excluding carboxylic acids is 1. The fourth-order valence-electron chi connectivity index (χ4n) is 2.58. The van der Waals surface area contributed by atoms with Gasteiger partial charge in [0.05, 0.1) is 10.7 Å². The number of nitrogens with zero attached hydrogens (tertiary/aromatic N) is 1. The highest BCUT2D eigenvalue weighted by molar-refractivity contribution is 7.99. The third-order valence-corrected chi connectivity index (χ3v) is 6.03. The molecule has 1 aromatic rings. The molecule has 4 N–H and O–H groups in total. The van der Waals surface area contributed by atoms with Gasteiger partial charge in [-0.1, -0.05) is 0 Å². The van der Waals surface area contributed by atoms with Gasteiger partial charge in [0.25, 0.3) is 5.91 Å². The van der Waals surface area contributed by atoms with E-state index >= 15 is 0 Å². The molecule has 0 radical (unpaired) electrons. The number of thioether (sulfide) groups is 1. The van der Waals surface area contributed by atoms with Gasteiger partial charge in [0.15, 0.2) is 0 Å². The van der Waals surface area contributed by atoms with Crippen molar-refractivity contribution in [3.8, 4) is 0 Å². The molecule has 19 heavy (non-hydrogen) atoms. The van der Waals surface area contributed by atoms with Crippen molar-refractivity contribution in [2.75, 3.05) is 35.2 Å². The maximum absolute atomic E-state index is 11.5. The molecule has 0 spiro atoms. The lowest BCUT2D eigenvalue weighted by atomic mass is 10.1. The monoisotopic (exact) mass is 297 g/mol. The summed E-state index contributed by atoms with van der Waals surface area (Å²) in [7, 11) is 0. The summed E-state index contributed by atoms with van der Waals surface area (Å²) >= 11 is 3.50. The number of rotatable bonds is 3. The summed E-state index contributed by atoms with van der Waals surface area (Å²) in [5, 5.41) is 1.20. The zero-order chi connectivity index (χ0) is 13.4. The molecule has 0 unspecified atom stereocenters. The maximum atomic E-state index is 11.5. The highest BCUT2D eigenvalue weighted by Gasteiger charge is 2.34. The van der Waals surface area contributed by atoms with E-state index in [2.05, 4.69) is 4.90 Å². The number of anilines is 2. The fraction of sp³-hybridized carbons (Fsp3) is 0.615. The molecule has 2 fully saturated rings. The predicted octanol–water partition coefficient (Wildman–Crippen LogP) is 2.25. The summed E-state index contributed by atoms with van der Waals surface area (Å²) in [4.78, 5) is 14.5. The first-order valence-electron chi connectivity index (χ1n) is 6.73. The molecular weight excluding hydrogens is 278 g/mol. The van der Waals surface area contributed by atoms with E-state index in [-0.39, 0.29) is 5.91 Å². The van der Waals surface area contributed by atoms with E-state index in [4.69, 9.17) is 11.5 Å². The molecule has 2 heterocycles.